The van der Waals surface area contributed by atoms with E-state index in [1.54, 1.807) is 12.1 Å². The third-order valence-corrected chi connectivity index (χ3v) is 4.01. The highest BCUT2D eigenvalue weighted by Crippen LogP contribution is 2.29. The first-order chi connectivity index (χ1) is 9.15. The lowest BCUT2D eigenvalue weighted by molar-refractivity contribution is 0.0698. The van der Waals surface area contributed by atoms with Gasteiger partial charge in [0.25, 0.3) is 0 Å². The average molecular weight is 261 g/mol. The molecule has 0 spiro atoms. The van der Waals surface area contributed by atoms with Crippen LogP contribution in [0.25, 0.3) is 0 Å². The Balaban J connectivity index is 1.72. The lowest BCUT2D eigenvalue weighted by Crippen LogP contribution is -2.47. The monoisotopic (exact) mass is 261 g/mol. The Morgan fingerprint density at radius 1 is 1.21 bits per heavy atom. The molecular weight excluding hydrogens is 242 g/mol. The highest BCUT2D eigenvalue weighted by atomic mass is 16.4. The first kappa shape index (κ1) is 12.3. The number of nitrogens with two attached hydrogens (primary N) is 1. The summed E-state index contributed by atoms with van der Waals surface area (Å²) in [4.78, 5) is 15.9. The summed E-state index contributed by atoms with van der Waals surface area (Å²) in [5, 5.41) is 9.10. The number of aromatic carboxylic acids is 1. The summed E-state index contributed by atoms with van der Waals surface area (Å²) in [7, 11) is 0. The molecule has 3 N–H and O–H groups in total. The topological polar surface area (TPSA) is 69.8 Å². The summed E-state index contributed by atoms with van der Waals surface area (Å²) in [5.41, 5.74) is 7.17. The molecule has 0 atom stereocenters. The van der Waals surface area contributed by atoms with Gasteiger partial charge in [-0.3, -0.25) is 4.90 Å². The zero-order valence-electron chi connectivity index (χ0n) is 10.9. The molecule has 5 heteroatoms. The van der Waals surface area contributed by atoms with Gasteiger partial charge < -0.3 is 15.7 Å². The smallest absolute Gasteiger partial charge is 0.337 e. The van der Waals surface area contributed by atoms with Gasteiger partial charge in [-0.05, 0) is 31.0 Å². The molecule has 1 heterocycles. The van der Waals surface area contributed by atoms with Crippen molar-refractivity contribution < 1.29 is 9.90 Å². The van der Waals surface area contributed by atoms with Crippen LogP contribution in [-0.2, 0) is 0 Å². The standard InChI is InChI=1S/C14H19N3O2/c15-13-4-3-11(9-12(13)14(18)19)17-7-5-16(6-8-17)10-1-2-10/h3-4,9-10H,1-2,5-8,15H2,(H,18,19). The van der Waals surface area contributed by atoms with Gasteiger partial charge in [0.1, 0.15) is 0 Å². The number of nitrogen functional groups attached to an aromatic ring is 1. The number of piperazine rings is 1. The Morgan fingerprint density at radius 2 is 1.89 bits per heavy atom. The molecule has 5 nitrogen and oxygen atoms in total. The van der Waals surface area contributed by atoms with Crippen LogP contribution >= 0.6 is 0 Å². The molecule has 0 aromatic heterocycles. The Morgan fingerprint density at radius 3 is 2.47 bits per heavy atom. The average Bonchev–Trinajstić information content (AvgIpc) is 3.23. The van der Waals surface area contributed by atoms with E-state index in [9.17, 15) is 4.79 Å². The van der Waals surface area contributed by atoms with Crippen LogP contribution in [0.15, 0.2) is 18.2 Å². The maximum absolute atomic E-state index is 11.1. The quantitative estimate of drug-likeness (QED) is 0.801. The fraction of sp³-hybridized carbons (Fsp3) is 0.500. The Kier molecular flexibility index (Phi) is 3.06. The third-order valence-electron chi connectivity index (χ3n) is 4.01. The SMILES string of the molecule is Nc1ccc(N2CCN(C3CC3)CC2)cc1C(=O)O. The predicted octanol–water partition coefficient (Wildman–Crippen LogP) is 1.25. The molecular formula is C14H19N3O2. The molecule has 1 aromatic rings. The van der Waals surface area contributed by atoms with Crippen molar-refractivity contribution in [1.29, 1.82) is 0 Å². The van der Waals surface area contributed by atoms with Crippen molar-refractivity contribution in [2.24, 2.45) is 0 Å². The number of carboxylic acid groups (broad SMARTS) is 1. The molecule has 0 radical (unpaired) electrons. The minimum absolute atomic E-state index is 0.196. The summed E-state index contributed by atoms with van der Waals surface area (Å²) in [6.45, 7) is 4.05. The molecule has 102 valence electrons. The molecule has 1 saturated carbocycles. The van der Waals surface area contributed by atoms with Crippen molar-refractivity contribution in [2.75, 3.05) is 36.8 Å². The summed E-state index contributed by atoms with van der Waals surface area (Å²) in [6, 6.07) is 6.09. The predicted molar refractivity (Wildman–Crippen MR) is 74.6 cm³/mol. The number of hydrogen-bond acceptors (Lipinski definition) is 4. The third kappa shape index (κ3) is 2.51. The summed E-state index contributed by atoms with van der Waals surface area (Å²) < 4.78 is 0. The number of hydrogen-bond donors (Lipinski definition) is 2. The number of nitrogens with zero attached hydrogens (tertiary/aromatic N) is 2. The zero-order valence-corrected chi connectivity index (χ0v) is 10.9. The van der Waals surface area contributed by atoms with E-state index < -0.39 is 5.97 Å². The van der Waals surface area contributed by atoms with E-state index in [0.29, 0.717) is 5.69 Å². The van der Waals surface area contributed by atoms with Crippen LogP contribution in [0.4, 0.5) is 11.4 Å². The highest BCUT2D eigenvalue weighted by Gasteiger charge is 2.31. The molecule has 2 fully saturated rings. The van der Waals surface area contributed by atoms with Crippen LogP contribution in [0.5, 0.6) is 0 Å². The maximum Gasteiger partial charge on any atom is 0.337 e. The van der Waals surface area contributed by atoms with E-state index in [0.717, 1.165) is 37.9 Å². The van der Waals surface area contributed by atoms with E-state index in [2.05, 4.69) is 9.80 Å². The number of carboxylic acids is 1. The van der Waals surface area contributed by atoms with Gasteiger partial charge in [0, 0.05) is 43.6 Å². The normalized spacial score (nSPS) is 20.5. The van der Waals surface area contributed by atoms with Crippen LogP contribution < -0.4 is 10.6 Å². The Labute approximate surface area is 112 Å². The van der Waals surface area contributed by atoms with E-state index in [4.69, 9.17) is 10.8 Å². The molecule has 0 amide bonds. The van der Waals surface area contributed by atoms with Crippen molar-refractivity contribution in [3.63, 3.8) is 0 Å². The molecule has 1 aromatic carbocycles. The van der Waals surface area contributed by atoms with Gasteiger partial charge in [0.05, 0.1) is 5.56 Å². The van der Waals surface area contributed by atoms with Gasteiger partial charge in [-0.15, -0.1) is 0 Å². The lowest BCUT2D eigenvalue weighted by atomic mass is 10.1. The number of rotatable bonds is 3. The van der Waals surface area contributed by atoms with Gasteiger partial charge in [-0.25, -0.2) is 4.79 Å². The number of benzene rings is 1. The number of anilines is 2. The molecule has 1 aliphatic heterocycles. The van der Waals surface area contributed by atoms with Crippen LogP contribution in [0.3, 0.4) is 0 Å². The second-order valence-electron chi connectivity index (χ2n) is 5.33. The van der Waals surface area contributed by atoms with E-state index >= 15 is 0 Å². The van der Waals surface area contributed by atoms with Gasteiger partial charge in [0.15, 0.2) is 0 Å². The van der Waals surface area contributed by atoms with Crippen molar-refractivity contribution in [3.05, 3.63) is 23.8 Å². The largest absolute Gasteiger partial charge is 0.478 e. The van der Waals surface area contributed by atoms with Gasteiger partial charge in [-0.2, -0.15) is 0 Å². The van der Waals surface area contributed by atoms with Gasteiger partial charge in [-0.1, -0.05) is 0 Å². The van der Waals surface area contributed by atoms with E-state index in [-0.39, 0.29) is 5.56 Å². The molecule has 0 unspecified atom stereocenters. The minimum Gasteiger partial charge on any atom is -0.478 e. The van der Waals surface area contributed by atoms with Crippen LogP contribution in [0.1, 0.15) is 23.2 Å². The highest BCUT2D eigenvalue weighted by molar-refractivity contribution is 5.94. The molecule has 2 aliphatic rings. The summed E-state index contributed by atoms with van der Waals surface area (Å²) in [6.07, 6.45) is 2.68. The Hall–Kier alpha value is -1.75. The first-order valence-electron chi connectivity index (χ1n) is 6.77. The summed E-state index contributed by atoms with van der Waals surface area (Å²) >= 11 is 0. The van der Waals surface area contributed by atoms with E-state index in [1.165, 1.54) is 12.8 Å². The second-order valence-corrected chi connectivity index (χ2v) is 5.33. The molecule has 1 aliphatic carbocycles. The zero-order chi connectivity index (χ0) is 13.4. The van der Waals surface area contributed by atoms with Crippen LogP contribution in [-0.4, -0.2) is 48.2 Å². The van der Waals surface area contributed by atoms with Crippen LogP contribution in [0, 0.1) is 0 Å². The van der Waals surface area contributed by atoms with E-state index in [1.807, 2.05) is 6.07 Å². The fourth-order valence-corrected chi connectivity index (χ4v) is 2.71. The molecule has 19 heavy (non-hydrogen) atoms. The van der Waals surface area contributed by atoms with Crippen molar-refractivity contribution >= 4 is 17.3 Å². The fourth-order valence-electron chi connectivity index (χ4n) is 2.71. The van der Waals surface area contributed by atoms with Gasteiger partial charge in [0.2, 0.25) is 0 Å². The second kappa shape index (κ2) is 4.74. The molecule has 1 saturated heterocycles. The molecule has 3 rings (SSSR count). The molecule has 0 bridgehead atoms. The van der Waals surface area contributed by atoms with Gasteiger partial charge >= 0.3 is 5.97 Å². The van der Waals surface area contributed by atoms with Crippen molar-refractivity contribution in [1.82, 2.24) is 4.90 Å². The Bertz CT molecular complexity index is 491. The number of carbonyl (C=O) groups is 1. The first-order valence-corrected chi connectivity index (χ1v) is 6.77. The van der Waals surface area contributed by atoms with Crippen LogP contribution in [0.2, 0.25) is 0 Å². The summed E-state index contributed by atoms with van der Waals surface area (Å²) in [5.74, 6) is -0.962. The lowest BCUT2D eigenvalue weighted by Gasteiger charge is -2.36. The maximum atomic E-state index is 11.1. The minimum atomic E-state index is -0.962. The van der Waals surface area contributed by atoms with Crippen molar-refractivity contribution in [3.8, 4) is 0 Å². The van der Waals surface area contributed by atoms with Crippen molar-refractivity contribution in [2.45, 2.75) is 18.9 Å².